The van der Waals surface area contributed by atoms with Crippen molar-refractivity contribution in [2.75, 3.05) is 24.3 Å². The zero-order chi connectivity index (χ0) is 17.5. The van der Waals surface area contributed by atoms with Crippen molar-refractivity contribution in [2.24, 2.45) is 0 Å². The van der Waals surface area contributed by atoms with Gasteiger partial charge in [0.05, 0.1) is 7.11 Å². The quantitative estimate of drug-likeness (QED) is 0.652. The van der Waals surface area contributed by atoms with Crippen LogP contribution >= 0.6 is 11.6 Å². The number of nitrogens with one attached hydrogen (secondary N) is 2. The average Bonchev–Trinajstić information content (AvgIpc) is 2.64. The van der Waals surface area contributed by atoms with E-state index in [4.69, 9.17) is 16.3 Å². The first-order valence-electron chi connectivity index (χ1n) is 7.96. The summed E-state index contributed by atoms with van der Waals surface area (Å²) in [4.78, 5) is 8.70. The third-order valence-corrected chi connectivity index (χ3v) is 3.90. The molecule has 0 fully saturated rings. The summed E-state index contributed by atoms with van der Waals surface area (Å²) in [5.74, 6) is 2.20. The second-order valence-corrected chi connectivity index (χ2v) is 5.82. The summed E-state index contributed by atoms with van der Waals surface area (Å²) in [6.07, 6.45) is 2.56. The van der Waals surface area contributed by atoms with E-state index < -0.39 is 0 Å². The SMILES string of the molecule is COc1ccccc1CCNc1ccnc(Nc2ccc(Cl)cc2)n1. The van der Waals surface area contributed by atoms with Crippen LogP contribution in [0.5, 0.6) is 5.75 Å². The number of nitrogens with zero attached hydrogens (tertiary/aromatic N) is 2. The lowest BCUT2D eigenvalue weighted by Gasteiger charge is -2.10. The maximum atomic E-state index is 5.89. The molecule has 5 nitrogen and oxygen atoms in total. The van der Waals surface area contributed by atoms with Crippen LogP contribution in [0.1, 0.15) is 5.56 Å². The molecule has 25 heavy (non-hydrogen) atoms. The van der Waals surface area contributed by atoms with Crippen LogP contribution in [0.3, 0.4) is 0 Å². The Hall–Kier alpha value is -2.79. The number of methoxy groups -OCH3 is 1. The van der Waals surface area contributed by atoms with E-state index in [-0.39, 0.29) is 0 Å². The van der Waals surface area contributed by atoms with Gasteiger partial charge in [0.1, 0.15) is 11.6 Å². The van der Waals surface area contributed by atoms with Crippen LogP contribution in [-0.4, -0.2) is 23.6 Å². The number of hydrogen-bond acceptors (Lipinski definition) is 5. The standard InChI is InChI=1S/C19H19ClN4O/c1-25-17-5-3-2-4-14(17)10-12-21-18-11-13-22-19(24-18)23-16-8-6-15(20)7-9-16/h2-9,11,13H,10,12H2,1H3,(H2,21,22,23,24). The fraction of sp³-hybridized carbons (Fsp3) is 0.158. The lowest BCUT2D eigenvalue weighted by Crippen LogP contribution is -2.08. The number of ether oxygens (including phenoxy) is 1. The Labute approximate surface area is 152 Å². The molecule has 1 heterocycles. The second kappa shape index (κ2) is 8.35. The van der Waals surface area contributed by atoms with Gasteiger partial charge in [-0.2, -0.15) is 4.98 Å². The number of rotatable bonds is 7. The van der Waals surface area contributed by atoms with E-state index in [9.17, 15) is 0 Å². The average molecular weight is 355 g/mol. The summed E-state index contributed by atoms with van der Waals surface area (Å²) < 4.78 is 5.37. The normalized spacial score (nSPS) is 10.3. The van der Waals surface area contributed by atoms with Gasteiger partial charge in [0.15, 0.2) is 0 Å². The first kappa shape index (κ1) is 17.0. The van der Waals surface area contributed by atoms with Crippen molar-refractivity contribution in [1.82, 2.24) is 9.97 Å². The smallest absolute Gasteiger partial charge is 0.229 e. The van der Waals surface area contributed by atoms with Gasteiger partial charge in [0.2, 0.25) is 5.95 Å². The van der Waals surface area contributed by atoms with Crippen LogP contribution in [-0.2, 0) is 6.42 Å². The van der Waals surface area contributed by atoms with E-state index in [0.29, 0.717) is 11.0 Å². The van der Waals surface area contributed by atoms with Gasteiger partial charge >= 0.3 is 0 Å². The zero-order valence-electron chi connectivity index (χ0n) is 13.9. The molecule has 0 saturated carbocycles. The summed E-state index contributed by atoms with van der Waals surface area (Å²) in [6.45, 7) is 0.748. The molecular weight excluding hydrogens is 336 g/mol. The number of anilines is 3. The van der Waals surface area contributed by atoms with Gasteiger partial charge in [-0.25, -0.2) is 4.98 Å². The highest BCUT2D eigenvalue weighted by Gasteiger charge is 2.03. The van der Waals surface area contributed by atoms with Crippen LogP contribution in [0, 0.1) is 0 Å². The molecule has 0 unspecified atom stereocenters. The minimum absolute atomic E-state index is 0.532. The van der Waals surface area contributed by atoms with Crippen LogP contribution in [0.15, 0.2) is 60.8 Å². The Kier molecular flexibility index (Phi) is 5.69. The number of aromatic nitrogens is 2. The number of hydrogen-bond donors (Lipinski definition) is 2. The molecule has 0 amide bonds. The van der Waals surface area contributed by atoms with Gasteiger partial charge in [-0.3, -0.25) is 0 Å². The molecule has 0 aliphatic rings. The van der Waals surface area contributed by atoms with Gasteiger partial charge in [0.25, 0.3) is 0 Å². The van der Waals surface area contributed by atoms with Crippen molar-refractivity contribution in [2.45, 2.75) is 6.42 Å². The predicted octanol–water partition coefficient (Wildman–Crippen LogP) is 4.54. The molecule has 3 rings (SSSR count). The third-order valence-electron chi connectivity index (χ3n) is 3.65. The Morgan fingerprint density at radius 2 is 1.84 bits per heavy atom. The van der Waals surface area contributed by atoms with Crippen molar-refractivity contribution in [3.63, 3.8) is 0 Å². The minimum Gasteiger partial charge on any atom is -0.496 e. The van der Waals surface area contributed by atoms with Gasteiger partial charge in [-0.05, 0) is 48.4 Å². The van der Waals surface area contributed by atoms with Crippen molar-refractivity contribution in [3.8, 4) is 5.75 Å². The molecule has 2 aromatic carbocycles. The van der Waals surface area contributed by atoms with Gasteiger partial charge in [0, 0.05) is 23.5 Å². The summed E-state index contributed by atoms with van der Waals surface area (Å²) in [5, 5.41) is 7.16. The number of benzene rings is 2. The molecule has 2 N–H and O–H groups in total. The molecule has 0 bridgehead atoms. The molecule has 0 radical (unpaired) electrons. The highest BCUT2D eigenvalue weighted by Crippen LogP contribution is 2.19. The first-order chi connectivity index (χ1) is 12.2. The van der Waals surface area contributed by atoms with Crippen molar-refractivity contribution in [1.29, 1.82) is 0 Å². The van der Waals surface area contributed by atoms with Crippen LogP contribution in [0.2, 0.25) is 5.02 Å². The summed E-state index contributed by atoms with van der Waals surface area (Å²) in [5.41, 5.74) is 2.04. The van der Waals surface area contributed by atoms with Gasteiger partial charge in [-0.15, -0.1) is 0 Å². The Balaban J connectivity index is 1.59. The zero-order valence-corrected chi connectivity index (χ0v) is 14.6. The molecule has 128 valence electrons. The molecule has 3 aromatic rings. The topological polar surface area (TPSA) is 59.1 Å². The maximum Gasteiger partial charge on any atom is 0.229 e. The van der Waals surface area contributed by atoms with Gasteiger partial charge < -0.3 is 15.4 Å². The molecule has 0 spiro atoms. The van der Waals surface area contributed by atoms with E-state index in [1.165, 1.54) is 0 Å². The largest absolute Gasteiger partial charge is 0.496 e. The Morgan fingerprint density at radius 3 is 2.64 bits per heavy atom. The molecule has 0 atom stereocenters. The lowest BCUT2D eigenvalue weighted by atomic mass is 10.1. The monoisotopic (exact) mass is 354 g/mol. The van der Waals surface area contributed by atoms with Crippen molar-refractivity contribution >= 4 is 29.1 Å². The van der Waals surface area contributed by atoms with Gasteiger partial charge in [-0.1, -0.05) is 29.8 Å². The molecule has 0 aliphatic carbocycles. The molecule has 0 saturated heterocycles. The van der Waals surface area contributed by atoms with Crippen LogP contribution < -0.4 is 15.4 Å². The van der Waals surface area contributed by atoms with Crippen LogP contribution in [0.4, 0.5) is 17.5 Å². The molecule has 1 aromatic heterocycles. The molecule has 0 aliphatic heterocycles. The summed E-state index contributed by atoms with van der Waals surface area (Å²) in [6, 6.07) is 17.3. The maximum absolute atomic E-state index is 5.89. The third kappa shape index (κ3) is 4.84. The van der Waals surface area contributed by atoms with E-state index in [0.717, 1.165) is 35.8 Å². The fourth-order valence-corrected chi connectivity index (χ4v) is 2.54. The Bertz CT molecular complexity index is 824. The predicted molar refractivity (Wildman–Crippen MR) is 102 cm³/mol. The Morgan fingerprint density at radius 1 is 1.04 bits per heavy atom. The minimum atomic E-state index is 0.532. The summed E-state index contributed by atoms with van der Waals surface area (Å²) >= 11 is 5.89. The highest BCUT2D eigenvalue weighted by atomic mass is 35.5. The number of halogens is 1. The second-order valence-electron chi connectivity index (χ2n) is 5.39. The van der Waals surface area contributed by atoms with E-state index in [1.807, 2.05) is 48.5 Å². The lowest BCUT2D eigenvalue weighted by molar-refractivity contribution is 0.410. The van der Waals surface area contributed by atoms with Crippen LogP contribution in [0.25, 0.3) is 0 Å². The summed E-state index contributed by atoms with van der Waals surface area (Å²) in [7, 11) is 1.69. The van der Waals surface area contributed by atoms with E-state index in [1.54, 1.807) is 13.3 Å². The first-order valence-corrected chi connectivity index (χ1v) is 8.34. The van der Waals surface area contributed by atoms with Crippen molar-refractivity contribution < 1.29 is 4.74 Å². The van der Waals surface area contributed by atoms with E-state index in [2.05, 4.69) is 26.7 Å². The van der Waals surface area contributed by atoms with E-state index >= 15 is 0 Å². The molecular formula is C19H19ClN4O. The molecule has 6 heteroatoms. The highest BCUT2D eigenvalue weighted by molar-refractivity contribution is 6.30. The fourth-order valence-electron chi connectivity index (χ4n) is 2.41. The van der Waals surface area contributed by atoms with Crippen molar-refractivity contribution in [3.05, 3.63) is 71.4 Å². The number of para-hydroxylation sites is 1.